The highest BCUT2D eigenvalue weighted by molar-refractivity contribution is 5.69. The number of rotatable bonds is 5. The Balaban J connectivity index is 2.74. The number of carbonyl (C=O) groups is 1. The van der Waals surface area contributed by atoms with Crippen molar-refractivity contribution >= 4 is 6.09 Å². The first-order chi connectivity index (χ1) is 11.4. The molecule has 1 amide bonds. The van der Waals surface area contributed by atoms with Crippen molar-refractivity contribution in [3.05, 3.63) is 29.8 Å². The third-order valence-electron chi connectivity index (χ3n) is 3.26. The molecule has 0 aliphatic carbocycles. The minimum atomic E-state index is -0.918. The van der Waals surface area contributed by atoms with Crippen LogP contribution < -0.4 is 4.74 Å². The fourth-order valence-electron chi connectivity index (χ4n) is 2.07. The van der Waals surface area contributed by atoms with E-state index in [9.17, 15) is 9.90 Å². The standard InChI is InChI=1S/C19H28N2O4/c1-18(2,3)21(17(23)25-19(4,5)6)12-15(22)13-24-16-10-8-7-9-14(16)11-20/h7-10,15,22H,12-13H2,1-6H3. The van der Waals surface area contributed by atoms with Gasteiger partial charge >= 0.3 is 6.09 Å². The summed E-state index contributed by atoms with van der Waals surface area (Å²) >= 11 is 0. The highest BCUT2D eigenvalue weighted by atomic mass is 16.6. The number of nitriles is 1. The molecule has 0 radical (unpaired) electrons. The number of β-amino-alcohol motifs (C(OH)–C–C–N with tert-alkyl or cyclic N) is 1. The molecule has 1 unspecified atom stereocenters. The molecule has 1 rings (SSSR count). The zero-order valence-corrected chi connectivity index (χ0v) is 15.9. The summed E-state index contributed by atoms with van der Waals surface area (Å²) in [5.41, 5.74) is -0.740. The Morgan fingerprint density at radius 3 is 2.36 bits per heavy atom. The predicted octanol–water partition coefficient (Wildman–Crippen LogP) is 3.33. The van der Waals surface area contributed by atoms with Gasteiger partial charge in [0.05, 0.1) is 12.1 Å². The number of benzene rings is 1. The molecular weight excluding hydrogens is 320 g/mol. The molecule has 0 spiro atoms. The second-order valence-electron chi connectivity index (χ2n) is 7.83. The van der Waals surface area contributed by atoms with Crippen molar-refractivity contribution < 1.29 is 19.4 Å². The fourth-order valence-corrected chi connectivity index (χ4v) is 2.07. The lowest BCUT2D eigenvalue weighted by molar-refractivity contribution is -0.0132. The second-order valence-corrected chi connectivity index (χ2v) is 7.83. The van der Waals surface area contributed by atoms with E-state index in [1.54, 1.807) is 45.0 Å². The van der Waals surface area contributed by atoms with Crippen LogP contribution in [0.2, 0.25) is 0 Å². The molecule has 0 bridgehead atoms. The van der Waals surface area contributed by atoms with Crippen LogP contribution in [0.15, 0.2) is 24.3 Å². The molecule has 1 atom stereocenters. The first-order valence-electron chi connectivity index (χ1n) is 8.24. The summed E-state index contributed by atoms with van der Waals surface area (Å²) < 4.78 is 11.0. The molecule has 25 heavy (non-hydrogen) atoms. The first-order valence-corrected chi connectivity index (χ1v) is 8.24. The molecule has 6 heteroatoms. The number of para-hydroxylation sites is 1. The molecule has 0 aliphatic rings. The molecule has 1 aromatic rings. The van der Waals surface area contributed by atoms with Crippen LogP contribution in [-0.2, 0) is 4.74 Å². The molecule has 0 saturated carbocycles. The Morgan fingerprint density at radius 1 is 1.24 bits per heavy atom. The van der Waals surface area contributed by atoms with Gasteiger partial charge in [0.15, 0.2) is 0 Å². The summed E-state index contributed by atoms with van der Waals surface area (Å²) in [5.74, 6) is 0.406. The normalized spacial score (nSPS) is 12.9. The summed E-state index contributed by atoms with van der Waals surface area (Å²) in [5, 5.41) is 19.4. The van der Waals surface area contributed by atoms with Crippen LogP contribution in [0, 0.1) is 11.3 Å². The SMILES string of the molecule is CC(C)(C)OC(=O)N(CC(O)COc1ccccc1C#N)C(C)(C)C. The number of ether oxygens (including phenoxy) is 2. The summed E-state index contributed by atoms with van der Waals surface area (Å²) in [6, 6.07) is 8.84. The van der Waals surface area contributed by atoms with E-state index in [-0.39, 0.29) is 13.2 Å². The lowest BCUT2D eigenvalue weighted by Crippen LogP contribution is -2.51. The molecule has 1 aromatic carbocycles. The minimum absolute atomic E-state index is 0.0337. The van der Waals surface area contributed by atoms with Gasteiger partial charge < -0.3 is 19.5 Å². The Bertz CT molecular complexity index is 624. The largest absolute Gasteiger partial charge is 0.489 e. The molecule has 0 fully saturated rings. The Labute approximate surface area is 150 Å². The maximum atomic E-state index is 12.4. The third-order valence-corrected chi connectivity index (χ3v) is 3.26. The lowest BCUT2D eigenvalue weighted by atomic mass is 10.1. The average molecular weight is 348 g/mol. The number of nitrogens with zero attached hydrogens (tertiary/aromatic N) is 2. The zero-order valence-electron chi connectivity index (χ0n) is 15.9. The van der Waals surface area contributed by atoms with Crippen molar-refractivity contribution in [3.63, 3.8) is 0 Å². The van der Waals surface area contributed by atoms with Gasteiger partial charge in [0.2, 0.25) is 0 Å². The van der Waals surface area contributed by atoms with Gasteiger partial charge in [-0.25, -0.2) is 4.79 Å². The van der Waals surface area contributed by atoms with Gasteiger partial charge in [-0.2, -0.15) is 5.26 Å². The van der Waals surface area contributed by atoms with Crippen LogP contribution >= 0.6 is 0 Å². The van der Waals surface area contributed by atoms with E-state index in [1.165, 1.54) is 4.90 Å². The summed E-state index contributed by atoms with van der Waals surface area (Å²) in [6.45, 7) is 11.0. The summed E-state index contributed by atoms with van der Waals surface area (Å²) in [4.78, 5) is 13.9. The minimum Gasteiger partial charge on any atom is -0.489 e. The highest BCUT2D eigenvalue weighted by Gasteiger charge is 2.32. The van der Waals surface area contributed by atoms with Crippen LogP contribution in [0.3, 0.4) is 0 Å². The van der Waals surface area contributed by atoms with Crippen molar-refractivity contribution in [2.45, 2.75) is 58.8 Å². The van der Waals surface area contributed by atoms with E-state index >= 15 is 0 Å². The molecule has 1 N–H and O–H groups in total. The molecule has 0 saturated heterocycles. The van der Waals surface area contributed by atoms with Gasteiger partial charge in [0.25, 0.3) is 0 Å². The zero-order chi connectivity index (χ0) is 19.3. The van der Waals surface area contributed by atoms with Gasteiger partial charge in [-0.05, 0) is 53.7 Å². The van der Waals surface area contributed by atoms with Crippen molar-refractivity contribution in [1.82, 2.24) is 4.90 Å². The quantitative estimate of drug-likeness (QED) is 0.882. The van der Waals surface area contributed by atoms with Crippen LogP contribution in [0.5, 0.6) is 5.75 Å². The Kier molecular flexibility index (Phi) is 6.83. The van der Waals surface area contributed by atoms with Crippen LogP contribution in [0.4, 0.5) is 4.79 Å². The maximum absolute atomic E-state index is 12.4. The van der Waals surface area contributed by atoms with Gasteiger partial charge in [-0.15, -0.1) is 0 Å². The summed E-state index contributed by atoms with van der Waals surface area (Å²) in [7, 11) is 0. The predicted molar refractivity (Wildman–Crippen MR) is 95.4 cm³/mol. The summed E-state index contributed by atoms with van der Waals surface area (Å²) in [6.07, 6.45) is -1.41. The van der Waals surface area contributed by atoms with E-state index in [0.29, 0.717) is 11.3 Å². The smallest absolute Gasteiger partial charge is 0.410 e. The Hall–Kier alpha value is -2.26. The monoisotopic (exact) mass is 348 g/mol. The van der Waals surface area contributed by atoms with E-state index in [0.717, 1.165) is 0 Å². The number of aliphatic hydroxyl groups excluding tert-OH is 1. The van der Waals surface area contributed by atoms with E-state index < -0.39 is 23.3 Å². The van der Waals surface area contributed by atoms with E-state index in [2.05, 4.69) is 0 Å². The van der Waals surface area contributed by atoms with Gasteiger partial charge in [-0.3, -0.25) is 0 Å². The fraction of sp³-hybridized carbons (Fsp3) is 0.579. The van der Waals surface area contributed by atoms with Crippen molar-refractivity contribution in [2.24, 2.45) is 0 Å². The van der Waals surface area contributed by atoms with E-state index in [1.807, 2.05) is 26.8 Å². The Morgan fingerprint density at radius 2 is 1.84 bits per heavy atom. The van der Waals surface area contributed by atoms with E-state index in [4.69, 9.17) is 14.7 Å². The lowest BCUT2D eigenvalue weighted by Gasteiger charge is -2.37. The number of hydrogen-bond acceptors (Lipinski definition) is 5. The third kappa shape index (κ3) is 7.02. The number of hydrogen-bond donors (Lipinski definition) is 1. The van der Waals surface area contributed by atoms with Crippen LogP contribution in [0.25, 0.3) is 0 Å². The molecule has 138 valence electrons. The molecule has 0 aliphatic heterocycles. The highest BCUT2D eigenvalue weighted by Crippen LogP contribution is 2.20. The van der Waals surface area contributed by atoms with Gasteiger partial charge in [-0.1, -0.05) is 12.1 Å². The molecule has 6 nitrogen and oxygen atoms in total. The number of carbonyl (C=O) groups excluding carboxylic acids is 1. The van der Waals surface area contributed by atoms with Crippen LogP contribution in [0.1, 0.15) is 47.1 Å². The number of amides is 1. The van der Waals surface area contributed by atoms with Gasteiger partial charge in [0.1, 0.15) is 30.1 Å². The topological polar surface area (TPSA) is 82.8 Å². The second kappa shape index (κ2) is 8.21. The number of aliphatic hydroxyl groups is 1. The van der Waals surface area contributed by atoms with Gasteiger partial charge in [0, 0.05) is 5.54 Å². The average Bonchev–Trinajstić information content (AvgIpc) is 2.47. The molecule has 0 heterocycles. The molecule has 0 aromatic heterocycles. The first kappa shape index (κ1) is 20.8. The molecular formula is C19H28N2O4. The van der Waals surface area contributed by atoms with Crippen LogP contribution in [-0.4, -0.2) is 46.5 Å². The van der Waals surface area contributed by atoms with Crippen molar-refractivity contribution in [3.8, 4) is 11.8 Å². The van der Waals surface area contributed by atoms with Crippen molar-refractivity contribution in [1.29, 1.82) is 5.26 Å². The van der Waals surface area contributed by atoms with Crippen molar-refractivity contribution in [2.75, 3.05) is 13.2 Å². The maximum Gasteiger partial charge on any atom is 0.410 e.